The molecule has 2 rings (SSSR count). The zero-order valence-electron chi connectivity index (χ0n) is 9.10. The van der Waals surface area contributed by atoms with Gasteiger partial charge in [-0.25, -0.2) is 0 Å². The number of hydrogen-bond acceptors (Lipinski definition) is 3. The fraction of sp³-hybridized carbons (Fsp3) is 0.417. The molecule has 1 aromatic rings. The number of hydrogen-bond donors (Lipinski definition) is 2. The highest BCUT2D eigenvalue weighted by atomic mass is 16.3. The second-order valence-corrected chi connectivity index (χ2v) is 3.96. The van der Waals surface area contributed by atoms with Gasteiger partial charge in [-0.15, -0.1) is 0 Å². The molecule has 0 radical (unpaired) electrons. The first-order valence-electron chi connectivity index (χ1n) is 5.52. The number of nitrogens with zero attached hydrogens (tertiary/aromatic N) is 1. The van der Waals surface area contributed by atoms with E-state index in [0.29, 0.717) is 13.0 Å². The Hall–Kier alpha value is -1.39. The van der Waals surface area contributed by atoms with Crippen LogP contribution < -0.4 is 10.6 Å². The molecule has 0 fully saturated rings. The molecule has 16 heavy (non-hydrogen) atoms. The topological polar surface area (TPSA) is 66.6 Å². The number of aliphatic hydroxyl groups is 1. The molecule has 1 aliphatic heterocycles. The number of fused-ring (bicyclic) bond motifs is 1. The predicted molar refractivity (Wildman–Crippen MR) is 62.0 cm³/mol. The van der Waals surface area contributed by atoms with Crippen LogP contribution in [-0.2, 0) is 4.79 Å². The van der Waals surface area contributed by atoms with Crippen molar-refractivity contribution < 1.29 is 9.90 Å². The Morgan fingerprint density at radius 2 is 2.06 bits per heavy atom. The summed E-state index contributed by atoms with van der Waals surface area (Å²) in [6, 6.07) is 7.08. The third-order valence-corrected chi connectivity index (χ3v) is 2.88. The quantitative estimate of drug-likeness (QED) is 0.738. The molecule has 0 spiro atoms. The molecule has 1 atom stereocenters. The van der Waals surface area contributed by atoms with Gasteiger partial charge in [0.15, 0.2) is 0 Å². The Morgan fingerprint density at radius 3 is 2.81 bits per heavy atom. The molecule has 1 aromatic carbocycles. The van der Waals surface area contributed by atoms with Crippen LogP contribution in [0.5, 0.6) is 0 Å². The molecule has 0 aromatic heterocycles. The zero-order valence-corrected chi connectivity index (χ0v) is 9.10. The van der Waals surface area contributed by atoms with Gasteiger partial charge in [-0.2, -0.15) is 0 Å². The van der Waals surface area contributed by atoms with Crippen molar-refractivity contribution in [3.05, 3.63) is 29.8 Å². The lowest BCUT2D eigenvalue weighted by atomic mass is 10.1. The summed E-state index contributed by atoms with van der Waals surface area (Å²) in [5.41, 5.74) is 7.66. The van der Waals surface area contributed by atoms with E-state index in [4.69, 9.17) is 10.8 Å². The maximum Gasteiger partial charge on any atom is 0.248 e. The molecule has 4 nitrogen and oxygen atoms in total. The van der Waals surface area contributed by atoms with Gasteiger partial charge in [0.25, 0.3) is 0 Å². The smallest absolute Gasteiger partial charge is 0.248 e. The van der Waals surface area contributed by atoms with Gasteiger partial charge < -0.3 is 15.7 Å². The second kappa shape index (κ2) is 4.63. The van der Waals surface area contributed by atoms with Crippen LogP contribution in [0.25, 0.3) is 0 Å². The lowest BCUT2D eigenvalue weighted by Gasteiger charge is -2.17. The van der Waals surface area contributed by atoms with Crippen LogP contribution in [0.2, 0.25) is 0 Å². The molecule has 4 heteroatoms. The molecule has 1 aliphatic rings. The predicted octanol–water partition coefficient (Wildman–Crippen LogP) is 0.805. The molecule has 3 N–H and O–H groups in total. The van der Waals surface area contributed by atoms with Gasteiger partial charge in [-0.05, 0) is 18.9 Å². The number of para-hydroxylation sites is 1. The summed E-state index contributed by atoms with van der Waals surface area (Å²) in [5, 5.41) is 8.73. The normalized spacial score (nSPS) is 19.0. The molecular formula is C12H16N2O2. The first-order chi connectivity index (χ1) is 7.75. The number of benzene rings is 1. The van der Waals surface area contributed by atoms with Crippen molar-refractivity contribution in [2.45, 2.75) is 18.9 Å². The van der Waals surface area contributed by atoms with Crippen LogP contribution in [0, 0.1) is 0 Å². The summed E-state index contributed by atoms with van der Waals surface area (Å²) in [7, 11) is 0. The molecule has 0 bridgehead atoms. The number of unbranched alkanes of at least 4 members (excludes halogenated alkanes) is 1. The Balaban J connectivity index is 2.17. The largest absolute Gasteiger partial charge is 0.396 e. The Kier molecular flexibility index (Phi) is 3.22. The van der Waals surface area contributed by atoms with Gasteiger partial charge in [0.1, 0.15) is 6.04 Å². The molecule has 0 saturated carbocycles. The van der Waals surface area contributed by atoms with E-state index in [9.17, 15) is 4.79 Å². The third kappa shape index (κ3) is 1.81. The maximum absolute atomic E-state index is 11.9. The van der Waals surface area contributed by atoms with Gasteiger partial charge in [0.2, 0.25) is 5.91 Å². The molecule has 1 heterocycles. The van der Waals surface area contributed by atoms with Gasteiger partial charge in [0.05, 0.1) is 0 Å². The number of carbonyl (C=O) groups excluding carboxylic acids is 1. The Labute approximate surface area is 94.7 Å². The van der Waals surface area contributed by atoms with E-state index in [1.165, 1.54) is 0 Å². The van der Waals surface area contributed by atoms with Crippen molar-refractivity contribution in [2.75, 3.05) is 18.1 Å². The van der Waals surface area contributed by atoms with Crippen LogP contribution in [0.1, 0.15) is 24.4 Å². The number of amides is 1. The van der Waals surface area contributed by atoms with E-state index in [2.05, 4.69) is 0 Å². The SMILES string of the molecule is NC1C(=O)N(CCCCO)c2ccccc21. The monoisotopic (exact) mass is 220 g/mol. The Morgan fingerprint density at radius 1 is 1.31 bits per heavy atom. The summed E-state index contributed by atoms with van der Waals surface area (Å²) < 4.78 is 0. The summed E-state index contributed by atoms with van der Waals surface area (Å²) in [6.07, 6.45) is 1.50. The van der Waals surface area contributed by atoms with Crippen molar-refractivity contribution in [1.82, 2.24) is 0 Å². The summed E-state index contributed by atoms with van der Waals surface area (Å²) in [4.78, 5) is 13.6. The zero-order chi connectivity index (χ0) is 11.5. The van der Waals surface area contributed by atoms with E-state index in [1.807, 2.05) is 24.3 Å². The highest BCUT2D eigenvalue weighted by Crippen LogP contribution is 2.34. The standard InChI is InChI=1S/C12H16N2O2/c13-11-9-5-1-2-6-10(9)14(12(11)16)7-3-4-8-15/h1-2,5-6,11,15H,3-4,7-8,13H2. The van der Waals surface area contributed by atoms with E-state index in [1.54, 1.807) is 4.90 Å². The molecule has 0 saturated heterocycles. The van der Waals surface area contributed by atoms with Gasteiger partial charge >= 0.3 is 0 Å². The van der Waals surface area contributed by atoms with Crippen molar-refractivity contribution in [3.8, 4) is 0 Å². The highest BCUT2D eigenvalue weighted by Gasteiger charge is 2.33. The summed E-state index contributed by atoms with van der Waals surface area (Å²) in [6.45, 7) is 0.792. The average Bonchev–Trinajstić information content (AvgIpc) is 2.55. The van der Waals surface area contributed by atoms with E-state index in [0.717, 1.165) is 17.7 Å². The van der Waals surface area contributed by atoms with Gasteiger partial charge in [0, 0.05) is 24.4 Å². The Bertz CT molecular complexity index is 392. The van der Waals surface area contributed by atoms with Crippen LogP contribution in [0.4, 0.5) is 5.69 Å². The molecule has 86 valence electrons. The lowest BCUT2D eigenvalue weighted by Crippen LogP contribution is -2.32. The van der Waals surface area contributed by atoms with Crippen molar-refractivity contribution in [1.29, 1.82) is 0 Å². The van der Waals surface area contributed by atoms with E-state index < -0.39 is 6.04 Å². The minimum atomic E-state index is -0.523. The number of nitrogens with two attached hydrogens (primary N) is 1. The molecule has 1 amide bonds. The van der Waals surface area contributed by atoms with Crippen LogP contribution in [0.3, 0.4) is 0 Å². The molecular weight excluding hydrogens is 204 g/mol. The number of aliphatic hydroxyl groups excluding tert-OH is 1. The third-order valence-electron chi connectivity index (χ3n) is 2.88. The fourth-order valence-electron chi connectivity index (χ4n) is 2.03. The second-order valence-electron chi connectivity index (χ2n) is 3.96. The lowest BCUT2D eigenvalue weighted by molar-refractivity contribution is -0.119. The maximum atomic E-state index is 11.9. The first kappa shape index (κ1) is 11.1. The van der Waals surface area contributed by atoms with Crippen LogP contribution in [0.15, 0.2) is 24.3 Å². The first-order valence-corrected chi connectivity index (χ1v) is 5.52. The minimum Gasteiger partial charge on any atom is -0.396 e. The van der Waals surface area contributed by atoms with Gasteiger partial charge in [-0.1, -0.05) is 18.2 Å². The van der Waals surface area contributed by atoms with Crippen molar-refractivity contribution in [2.24, 2.45) is 5.73 Å². The summed E-state index contributed by atoms with van der Waals surface area (Å²) in [5.74, 6) is -0.0425. The van der Waals surface area contributed by atoms with Crippen LogP contribution in [-0.4, -0.2) is 24.2 Å². The van der Waals surface area contributed by atoms with E-state index in [-0.39, 0.29) is 12.5 Å². The number of rotatable bonds is 4. The van der Waals surface area contributed by atoms with E-state index >= 15 is 0 Å². The summed E-state index contributed by atoms with van der Waals surface area (Å²) >= 11 is 0. The van der Waals surface area contributed by atoms with Crippen LogP contribution >= 0.6 is 0 Å². The van der Waals surface area contributed by atoms with Gasteiger partial charge in [-0.3, -0.25) is 4.79 Å². The molecule has 1 unspecified atom stereocenters. The number of anilines is 1. The molecule has 0 aliphatic carbocycles. The van der Waals surface area contributed by atoms with Crippen molar-refractivity contribution in [3.63, 3.8) is 0 Å². The highest BCUT2D eigenvalue weighted by molar-refractivity contribution is 6.04. The number of carbonyl (C=O) groups is 1. The van der Waals surface area contributed by atoms with Crippen molar-refractivity contribution >= 4 is 11.6 Å². The minimum absolute atomic E-state index is 0.0425. The average molecular weight is 220 g/mol. The fourth-order valence-corrected chi connectivity index (χ4v) is 2.03.